The minimum atomic E-state index is -0.230. The van der Waals surface area contributed by atoms with Crippen LogP contribution in [0.15, 0.2) is 24.3 Å². The van der Waals surface area contributed by atoms with Gasteiger partial charge in [0, 0.05) is 44.2 Å². The molecule has 2 aliphatic rings. The molecule has 5 nitrogen and oxygen atoms in total. The first-order valence-corrected chi connectivity index (χ1v) is 7.49. The van der Waals surface area contributed by atoms with Crippen LogP contribution in [0.4, 0.5) is 5.69 Å². The van der Waals surface area contributed by atoms with E-state index in [1.807, 2.05) is 31.2 Å². The molecular formula is C16H21N3O2. The van der Waals surface area contributed by atoms with Crippen LogP contribution in [0.1, 0.15) is 12.0 Å². The van der Waals surface area contributed by atoms with Crippen LogP contribution >= 0.6 is 0 Å². The Hall–Kier alpha value is -1.88. The zero-order valence-corrected chi connectivity index (χ0v) is 12.3. The average Bonchev–Trinajstić information content (AvgIpc) is 2.80. The molecule has 0 aliphatic carbocycles. The first kappa shape index (κ1) is 14.1. The first-order valence-electron chi connectivity index (χ1n) is 7.49. The molecule has 0 aromatic heterocycles. The number of nitrogens with zero attached hydrogens (tertiary/aromatic N) is 1. The number of nitrogens with one attached hydrogen (secondary N) is 2. The van der Waals surface area contributed by atoms with Crippen molar-refractivity contribution in [2.45, 2.75) is 13.3 Å². The summed E-state index contributed by atoms with van der Waals surface area (Å²) in [6.07, 6.45) is 0.308. The van der Waals surface area contributed by atoms with E-state index in [0.29, 0.717) is 25.4 Å². The molecule has 1 aromatic carbocycles. The minimum absolute atomic E-state index is 0.00450. The average molecular weight is 287 g/mol. The van der Waals surface area contributed by atoms with E-state index in [0.717, 1.165) is 24.3 Å². The molecule has 112 valence electrons. The third-order valence-corrected chi connectivity index (χ3v) is 4.27. The third kappa shape index (κ3) is 3.08. The molecule has 0 radical (unpaired) electrons. The number of amides is 2. The van der Waals surface area contributed by atoms with E-state index in [4.69, 9.17) is 0 Å². The quantitative estimate of drug-likeness (QED) is 0.856. The van der Waals surface area contributed by atoms with Crippen molar-refractivity contribution in [2.75, 3.05) is 31.1 Å². The van der Waals surface area contributed by atoms with E-state index in [2.05, 4.69) is 10.6 Å². The molecule has 2 amide bonds. The second kappa shape index (κ2) is 5.85. The van der Waals surface area contributed by atoms with Crippen molar-refractivity contribution in [2.24, 2.45) is 11.8 Å². The third-order valence-electron chi connectivity index (χ3n) is 4.27. The Balaban J connectivity index is 1.58. The van der Waals surface area contributed by atoms with Gasteiger partial charge in [0.05, 0.1) is 5.92 Å². The molecule has 1 atom stereocenters. The molecule has 3 rings (SSSR count). The lowest BCUT2D eigenvalue weighted by molar-refractivity contribution is -0.126. The van der Waals surface area contributed by atoms with Crippen LogP contribution in [-0.2, 0) is 9.59 Å². The highest BCUT2D eigenvalue weighted by molar-refractivity contribution is 6.00. The number of benzene rings is 1. The number of aryl methyl sites for hydroxylation is 1. The van der Waals surface area contributed by atoms with E-state index in [1.165, 1.54) is 0 Å². The maximum Gasteiger partial charge on any atom is 0.227 e. The Morgan fingerprint density at radius 3 is 2.67 bits per heavy atom. The second-order valence-corrected chi connectivity index (χ2v) is 6.01. The summed E-state index contributed by atoms with van der Waals surface area (Å²) >= 11 is 0. The summed E-state index contributed by atoms with van der Waals surface area (Å²) in [5, 5.41) is 6.15. The lowest BCUT2D eigenvalue weighted by Gasteiger charge is -2.27. The SMILES string of the molecule is Cc1ccc(N2CC(C(=O)NCC3CNC3)CC2=O)cc1. The van der Waals surface area contributed by atoms with E-state index < -0.39 is 0 Å². The molecule has 2 heterocycles. The molecule has 1 aromatic rings. The van der Waals surface area contributed by atoms with Crippen LogP contribution in [0, 0.1) is 18.8 Å². The van der Waals surface area contributed by atoms with Crippen molar-refractivity contribution in [3.05, 3.63) is 29.8 Å². The summed E-state index contributed by atoms with van der Waals surface area (Å²) in [4.78, 5) is 26.0. The predicted molar refractivity (Wildman–Crippen MR) is 81.0 cm³/mol. The van der Waals surface area contributed by atoms with Gasteiger partial charge in [-0.3, -0.25) is 9.59 Å². The van der Waals surface area contributed by atoms with Crippen molar-refractivity contribution >= 4 is 17.5 Å². The van der Waals surface area contributed by atoms with Gasteiger partial charge in [0.2, 0.25) is 11.8 Å². The predicted octanol–water partition coefficient (Wildman–Crippen LogP) is 0.684. The molecular weight excluding hydrogens is 266 g/mol. The van der Waals surface area contributed by atoms with Gasteiger partial charge in [-0.25, -0.2) is 0 Å². The normalized spacial score (nSPS) is 22.2. The van der Waals surface area contributed by atoms with E-state index in [-0.39, 0.29) is 17.7 Å². The van der Waals surface area contributed by atoms with Crippen LogP contribution in [0.5, 0.6) is 0 Å². The molecule has 0 bridgehead atoms. The summed E-state index contributed by atoms with van der Waals surface area (Å²) in [5.74, 6) is 0.347. The fourth-order valence-corrected chi connectivity index (χ4v) is 2.74. The van der Waals surface area contributed by atoms with Gasteiger partial charge in [0.1, 0.15) is 0 Å². The molecule has 0 saturated carbocycles. The molecule has 2 fully saturated rings. The lowest BCUT2D eigenvalue weighted by Crippen LogP contribution is -2.49. The highest BCUT2D eigenvalue weighted by Crippen LogP contribution is 2.25. The maximum absolute atomic E-state index is 12.2. The number of carbonyl (C=O) groups excluding carboxylic acids is 2. The standard InChI is InChI=1S/C16H21N3O2/c1-11-2-4-14(5-3-11)19-10-13(6-15(19)20)16(21)18-9-12-7-17-8-12/h2-5,12-13,17H,6-10H2,1H3,(H,18,21). The number of anilines is 1. The highest BCUT2D eigenvalue weighted by atomic mass is 16.2. The summed E-state index contributed by atoms with van der Waals surface area (Å²) in [7, 11) is 0. The van der Waals surface area contributed by atoms with Crippen molar-refractivity contribution in [3.63, 3.8) is 0 Å². The molecule has 2 saturated heterocycles. The number of hydrogen-bond acceptors (Lipinski definition) is 3. The van der Waals surface area contributed by atoms with E-state index >= 15 is 0 Å². The van der Waals surface area contributed by atoms with Crippen molar-refractivity contribution < 1.29 is 9.59 Å². The Morgan fingerprint density at radius 2 is 2.05 bits per heavy atom. The molecule has 2 aliphatic heterocycles. The van der Waals surface area contributed by atoms with Gasteiger partial charge >= 0.3 is 0 Å². The van der Waals surface area contributed by atoms with Crippen LogP contribution in [-0.4, -0.2) is 38.0 Å². The van der Waals surface area contributed by atoms with Gasteiger partial charge in [-0.15, -0.1) is 0 Å². The van der Waals surface area contributed by atoms with Crippen LogP contribution < -0.4 is 15.5 Å². The zero-order valence-electron chi connectivity index (χ0n) is 12.3. The number of hydrogen-bond donors (Lipinski definition) is 2. The highest BCUT2D eigenvalue weighted by Gasteiger charge is 2.35. The lowest BCUT2D eigenvalue weighted by atomic mass is 10.0. The Bertz CT molecular complexity index is 537. The molecule has 1 unspecified atom stereocenters. The van der Waals surface area contributed by atoms with Gasteiger partial charge in [-0.2, -0.15) is 0 Å². The summed E-state index contributed by atoms with van der Waals surface area (Å²) in [5.41, 5.74) is 2.04. The molecule has 2 N–H and O–H groups in total. The number of carbonyl (C=O) groups is 2. The largest absolute Gasteiger partial charge is 0.355 e. The maximum atomic E-state index is 12.2. The molecule has 0 spiro atoms. The van der Waals surface area contributed by atoms with Crippen LogP contribution in [0.2, 0.25) is 0 Å². The fraction of sp³-hybridized carbons (Fsp3) is 0.500. The van der Waals surface area contributed by atoms with Crippen molar-refractivity contribution in [3.8, 4) is 0 Å². The Labute approximate surface area is 124 Å². The van der Waals surface area contributed by atoms with Crippen molar-refractivity contribution in [1.82, 2.24) is 10.6 Å². The molecule has 5 heteroatoms. The van der Waals surface area contributed by atoms with Gasteiger partial charge in [0.15, 0.2) is 0 Å². The Morgan fingerprint density at radius 1 is 1.33 bits per heavy atom. The second-order valence-electron chi connectivity index (χ2n) is 6.01. The summed E-state index contributed by atoms with van der Waals surface area (Å²) in [6, 6.07) is 7.85. The smallest absolute Gasteiger partial charge is 0.227 e. The number of rotatable bonds is 4. The fourth-order valence-electron chi connectivity index (χ4n) is 2.74. The van der Waals surface area contributed by atoms with E-state index in [1.54, 1.807) is 4.90 Å². The summed E-state index contributed by atoms with van der Waals surface area (Å²) < 4.78 is 0. The van der Waals surface area contributed by atoms with Gasteiger partial charge in [-0.1, -0.05) is 17.7 Å². The van der Waals surface area contributed by atoms with E-state index in [9.17, 15) is 9.59 Å². The topological polar surface area (TPSA) is 61.4 Å². The van der Waals surface area contributed by atoms with Crippen molar-refractivity contribution in [1.29, 1.82) is 0 Å². The Kier molecular flexibility index (Phi) is 3.92. The molecule has 21 heavy (non-hydrogen) atoms. The van der Waals surface area contributed by atoms with Gasteiger partial charge in [0.25, 0.3) is 0 Å². The first-order chi connectivity index (χ1) is 10.1. The minimum Gasteiger partial charge on any atom is -0.355 e. The van der Waals surface area contributed by atoms with Crippen LogP contribution in [0.25, 0.3) is 0 Å². The monoisotopic (exact) mass is 287 g/mol. The van der Waals surface area contributed by atoms with Gasteiger partial charge < -0.3 is 15.5 Å². The summed E-state index contributed by atoms with van der Waals surface area (Å²) in [6.45, 7) is 5.15. The zero-order chi connectivity index (χ0) is 14.8. The van der Waals surface area contributed by atoms with Gasteiger partial charge in [-0.05, 0) is 19.1 Å². The van der Waals surface area contributed by atoms with Crippen LogP contribution in [0.3, 0.4) is 0 Å².